The summed E-state index contributed by atoms with van der Waals surface area (Å²) in [6.07, 6.45) is 1.97. The maximum absolute atomic E-state index is 11.0. The van der Waals surface area contributed by atoms with Gasteiger partial charge in [0.05, 0.1) is 6.61 Å². The fourth-order valence-corrected chi connectivity index (χ4v) is 3.43. The van der Waals surface area contributed by atoms with Crippen LogP contribution in [0, 0.1) is 0 Å². The molecule has 2 aromatic carbocycles. The second kappa shape index (κ2) is 6.79. The Morgan fingerprint density at radius 3 is 2.46 bits per heavy atom. The largest absolute Gasteiger partial charge is 0.492 e. The van der Waals surface area contributed by atoms with Crippen LogP contribution in [0.4, 0.5) is 0 Å². The van der Waals surface area contributed by atoms with Crippen LogP contribution in [0.3, 0.4) is 0 Å². The van der Waals surface area contributed by atoms with Gasteiger partial charge in [0.2, 0.25) is 0 Å². The first-order chi connectivity index (χ1) is 12.2. The van der Waals surface area contributed by atoms with E-state index >= 15 is 0 Å². The standard InChI is InChI=1S/C23H28O3/c1-16(24)26-19-9-6-17(7-10-19)12-13-23(5)15-25-21-11-8-18(14-20(21)23)22(2,3)4/h6-11,14H,12-13,15H2,1-5H3/t23-/m0/s1. The highest BCUT2D eigenvalue weighted by molar-refractivity contribution is 5.69. The molecule has 0 aliphatic carbocycles. The van der Waals surface area contributed by atoms with Crippen molar-refractivity contribution in [1.82, 2.24) is 0 Å². The molecule has 0 aromatic heterocycles. The molecule has 0 fully saturated rings. The minimum Gasteiger partial charge on any atom is -0.492 e. The van der Waals surface area contributed by atoms with E-state index in [0.29, 0.717) is 5.75 Å². The summed E-state index contributed by atoms with van der Waals surface area (Å²) in [5, 5.41) is 0. The zero-order chi connectivity index (χ0) is 18.9. The van der Waals surface area contributed by atoms with Gasteiger partial charge in [0, 0.05) is 17.9 Å². The Labute approximate surface area is 156 Å². The second-order valence-electron chi connectivity index (χ2n) is 8.55. The molecule has 0 saturated carbocycles. The number of aryl methyl sites for hydroxylation is 1. The SMILES string of the molecule is CC(=O)Oc1ccc(CC[C@@]2(C)COc3ccc(C(C)(C)C)cc32)cc1. The van der Waals surface area contributed by atoms with E-state index in [0.717, 1.165) is 25.2 Å². The molecule has 2 aromatic rings. The summed E-state index contributed by atoms with van der Waals surface area (Å²) < 4.78 is 11.1. The maximum Gasteiger partial charge on any atom is 0.308 e. The van der Waals surface area contributed by atoms with Gasteiger partial charge in [0.25, 0.3) is 0 Å². The van der Waals surface area contributed by atoms with Crippen LogP contribution in [0.2, 0.25) is 0 Å². The lowest BCUT2D eigenvalue weighted by Crippen LogP contribution is -2.25. The molecule has 0 saturated heterocycles. The summed E-state index contributed by atoms with van der Waals surface area (Å²) >= 11 is 0. The number of hydrogen-bond donors (Lipinski definition) is 0. The first kappa shape index (κ1) is 18.5. The minimum atomic E-state index is -0.292. The van der Waals surface area contributed by atoms with Gasteiger partial charge in [0.1, 0.15) is 11.5 Å². The summed E-state index contributed by atoms with van der Waals surface area (Å²) in [6.45, 7) is 11.2. The Morgan fingerprint density at radius 1 is 1.15 bits per heavy atom. The average Bonchev–Trinajstić information content (AvgIpc) is 2.90. The molecule has 3 heteroatoms. The molecule has 3 rings (SSSR count). The molecule has 0 radical (unpaired) electrons. The van der Waals surface area contributed by atoms with E-state index in [9.17, 15) is 4.79 Å². The number of carbonyl (C=O) groups excluding carboxylic acids is 1. The smallest absolute Gasteiger partial charge is 0.308 e. The molecular weight excluding hydrogens is 324 g/mol. The fourth-order valence-electron chi connectivity index (χ4n) is 3.43. The van der Waals surface area contributed by atoms with Crippen LogP contribution in [-0.4, -0.2) is 12.6 Å². The van der Waals surface area contributed by atoms with Gasteiger partial charge in [-0.2, -0.15) is 0 Å². The quantitative estimate of drug-likeness (QED) is 0.561. The molecule has 0 amide bonds. The Morgan fingerprint density at radius 2 is 1.85 bits per heavy atom. The fraction of sp³-hybridized carbons (Fsp3) is 0.435. The normalized spacial score (nSPS) is 19.0. The number of fused-ring (bicyclic) bond motifs is 1. The van der Waals surface area contributed by atoms with E-state index < -0.39 is 0 Å². The van der Waals surface area contributed by atoms with Gasteiger partial charge in [0.15, 0.2) is 0 Å². The summed E-state index contributed by atoms with van der Waals surface area (Å²) in [4.78, 5) is 11.0. The molecule has 0 unspecified atom stereocenters. The van der Waals surface area contributed by atoms with Crippen LogP contribution >= 0.6 is 0 Å². The lowest BCUT2D eigenvalue weighted by atomic mass is 9.77. The van der Waals surface area contributed by atoms with E-state index in [1.807, 2.05) is 24.3 Å². The van der Waals surface area contributed by atoms with Crippen LogP contribution in [0.25, 0.3) is 0 Å². The van der Waals surface area contributed by atoms with E-state index in [1.54, 1.807) is 0 Å². The van der Waals surface area contributed by atoms with Crippen molar-refractivity contribution in [2.75, 3.05) is 6.61 Å². The van der Waals surface area contributed by atoms with E-state index in [1.165, 1.54) is 23.6 Å². The predicted octanol–water partition coefficient (Wildman–Crippen LogP) is 5.19. The van der Waals surface area contributed by atoms with Crippen LogP contribution in [0.5, 0.6) is 11.5 Å². The number of benzene rings is 2. The Hall–Kier alpha value is -2.29. The molecule has 138 valence electrons. The van der Waals surface area contributed by atoms with Crippen LogP contribution < -0.4 is 9.47 Å². The molecule has 0 N–H and O–H groups in total. The predicted molar refractivity (Wildman–Crippen MR) is 104 cm³/mol. The van der Waals surface area contributed by atoms with Crippen molar-refractivity contribution < 1.29 is 14.3 Å². The Bertz CT molecular complexity index is 799. The number of carbonyl (C=O) groups is 1. The zero-order valence-electron chi connectivity index (χ0n) is 16.4. The van der Waals surface area contributed by atoms with Crippen LogP contribution in [-0.2, 0) is 22.0 Å². The molecule has 1 aliphatic rings. The van der Waals surface area contributed by atoms with Gasteiger partial charge >= 0.3 is 5.97 Å². The highest BCUT2D eigenvalue weighted by Crippen LogP contribution is 2.43. The van der Waals surface area contributed by atoms with Crippen molar-refractivity contribution in [3.63, 3.8) is 0 Å². The molecular formula is C23H28O3. The topological polar surface area (TPSA) is 35.5 Å². The van der Waals surface area contributed by atoms with E-state index in [2.05, 4.69) is 45.9 Å². The number of hydrogen-bond acceptors (Lipinski definition) is 3. The van der Waals surface area contributed by atoms with E-state index in [4.69, 9.17) is 9.47 Å². The summed E-state index contributed by atoms with van der Waals surface area (Å²) in [5.41, 5.74) is 4.05. The first-order valence-corrected chi connectivity index (χ1v) is 9.23. The highest BCUT2D eigenvalue weighted by Gasteiger charge is 2.36. The van der Waals surface area contributed by atoms with Crippen molar-refractivity contribution in [3.8, 4) is 11.5 Å². The summed E-state index contributed by atoms with van der Waals surface area (Å²) in [5.74, 6) is 1.32. The van der Waals surface area contributed by atoms with Gasteiger partial charge in [-0.05, 0) is 47.6 Å². The third-order valence-electron chi connectivity index (χ3n) is 5.19. The first-order valence-electron chi connectivity index (χ1n) is 9.23. The number of rotatable bonds is 4. The van der Waals surface area contributed by atoms with Crippen molar-refractivity contribution in [3.05, 3.63) is 59.2 Å². The minimum absolute atomic E-state index is 0.0190. The van der Waals surface area contributed by atoms with Gasteiger partial charge in [-0.3, -0.25) is 4.79 Å². The highest BCUT2D eigenvalue weighted by atomic mass is 16.5. The van der Waals surface area contributed by atoms with Gasteiger partial charge in [-0.1, -0.05) is 52.0 Å². The van der Waals surface area contributed by atoms with Gasteiger partial charge in [-0.25, -0.2) is 0 Å². The molecule has 0 bridgehead atoms. The van der Waals surface area contributed by atoms with Gasteiger partial charge < -0.3 is 9.47 Å². The lowest BCUT2D eigenvalue weighted by molar-refractivity contribution is -0.131. The lowest BCUT2D eigenvalue weighted by Gasteiger charge is -2.25. The number of ether oxygens (including phenoxy) is 2. The van der Waals surface area contributed by atoms with Crippen molar-refractivity contribution >= 4 is 5.97 Å². The van der Waals surface area contributed by atoms with Gasteiger partial charge in [-0.15, -0.1) is 0 Å². The molecule has 1 aliphatic heterocycles. The molecule has 3 nitrogen and oxygen atoms in total. The van der Waals surface area contributed by atoms with Crippen LogP contribution in [0.1, 0.15) is 57.7 Å². The monoisotopic (exact) mass is 352 g/mol. The number of esters is 1. The van der Waals surface area contributed by atoms with Crippen molar-refractivity contribution in [2.24, 2.45) is 0 Å². The Balaban J connectivity index is 1.74. The third kappa shape index (κ3) is 3.92. The molecule has 26 heavy (non-hydrogen) atoms. The molecule has 1 atom stereocenters. The Kier molecular flexibility index (Phi) is 4.83. The second-order valence-corrected chi connectivity index (χ2v) is 8.55. The average molecular weight is 352 g/mol. The van der Waals surface area contributed by atoms with Crippen LogP contribution in [0.15, 0.2) is 42.5 Å². The maximum atomic E-state index is 11.0. The third-order valence-corrected chi connectivity index (χ3v) is 5.19. The summed E-state index contributed by atoms with van der Waals surface area (Å²) in [7, 11) is 0. The van der Waals surface area contributed by atoms with Crippen molar-refractivity contribution in [2.45, 2.75) is 58.3 Å². The van der Waals surface area contributed by atoms with E-state index in [-0.39, 0.29) is 16.8 Å². The zero-order valence-corrected chi connectivity index (χ0v) is 16.4. The van der Waals surface area contributed by atoms with Crippen molar-refractivity contribution in [1.29, 1.82) is 0 Å². The molecule has 0 spiro atoms. The summed E-state index contributed by atoms with van der Waals surface area (Å²) in [6, 6.07) is 14.4. The molecule has 1 heterocycles.